The average Bonchev–Trinajstić information content (AvgIpc) is 3.16. The lowest BCUT2D eigenvalue weighted by Gasteiger charge is -2.14. The summed E-state index contributed by atoms with van der Waals surface area (Å²) < 4.78 is 4.62. The summed E-state index contributed by atoms with van der Waals surface area (Å²) in [5.41, 5.74) is 0.736. The summed E-state index contributed by atoms with van der Waals surface area (Å²) >= 11 is 7.19. The van der Waals surface area contributed by atoms with Crippen molar-refractivity contribution in [2.45, 2.75) is 25.9 Å². The molecule has 11 heteroatoms. The van der Waals surface area contributed by atoms with E-state index in [-0.39, 0.29) is 23.8 Å². The Kier molecular flexibility index (Phi) is 6.14. The van der Waals surface area contributed by atoms with Crippen LogP contribution in [0.15, 0.2) is 24.3 Å². The highest BCUT2D eigenvalue weighted by atomic mass is 35.5. The van der Waals surface area contributed by atoms with Crippen LogP contribution in [-0.4, -0.2) is 46.9 Å². The van der Waals surface area contributed by atoms with E-state index in [2.05, 4.69) is 20.4 Å². The largest absolute Gasteiger partial charge is 0.464 e. The number of hydrogen-bond donors (Lipinski definition) is 2. The van der Waals surface area contributed by atoms with Crippen molar-refractivity contribution in [3.05, 3.63) is 45.4 Å². The van der Waals surface area contributed by atoms with Gasteiger partial charge in [-0.15, -0.1) is 11.3 Å². The number of benzene rings is 1. The highest BCUT2D eigenvalue weighted by molar-refractivity contribution is 7.16. The summed E-state index contributed by atoms with van der Waals surface area (Å²) in [6, 6.07) is 5.29. The van der Waals surface area contributed by atoms with E-state index in [9.17, 15) is 19.2 Å². The Hall–Kier alpha value is -2.98. The fourth-order valence-electron chi connectivity index (χ4n) is 2.75. The van der Waals surface area contributed by atoms with Crippen LogP contribution in [0.4, 0.5) is 9.93 Å². The minimum Gasteiger partial charge on any atom is -0.464 e. The zero-order valence-corrected chi connectivity index (χ0v) is 17.1. The Morgan fingerprint density at radius 3 is 2.76 bits per heavy atom. The first-order valence-electron chi connectivity index (χ1n) is 8.51. The first kappa shape index (κ1) is 20.7. The molecule has 1 fully saturated rings. The third kappa shape index (κ3) is 4.54. The molecule has 1 saturated heterocycles. The van der Waals surface area contributed by atoms with E-state index in [1.807, 2.05) is 0 Å². The molecule has 2 heterocycles. The Morgan fingerprint density at radius 2 is 2.07 bits per heavy atom. The Bertz CT molecular complexity index is 992. The zero-order chi connectivity index (χ0) is 21.1. The Morgan fingerprint density at radius 1 is 1.34 bits per heavy atom. The molecular weight excluding hydrogens is 420 g/mol. The number of amides is 4. The van der Waals surface area contributed by atoms with Crippen LogP contribution in [0.25, 0.3) is 0 Å². The number of aromatic nitrogens is 1. The Balaban J connectivity index is 1.63. The van der Waals surface area contributed by atoms with Crippen LogP contribution in [0.1, 0.15) is 27.3 Å². The van der Waals surface area contributed by atoms with Gasteiger partial charge in [-0.2, -0.15) is 0 Å². The highest BCUT2D eigenvalue weighted by Gasteiger charge is 2.39. The molecule has 0 spiro atoms. The average molecular weight is 437 g/mol. The third-order valence-corrected chi connectivity index (χ3v) is 5.46. The van der Waals surface area contributed by atoms with Crippen molar-refractivity contribution >= 4 is 51.9 Å². The van der Waals surface area contributed by atoms with Crippen molar-refractivity contribution in [3.63, 3.8) is 0 Å². The lowest BCUT2D eigenvalue weighted by Crippen LogP contribution is -2.34. The van der Waals surface area contributed by atoms with Crippen molar-refractivity contribution in [1.29, 1.82) is 0 Å². The topological polar surface area (TPSA) is 118 Å². The van der Waals surface area contributed by atoms with Crippen molar-refractivity contribution in [2.24, 2.45) is 0 Å². The zero-order valence-electron chi connectivity index (χ0n) is 15.5. The summed E-state index contributed by atoms with van der Waals surface area (Å²) in [6.45, 7) is 1.68. The van der Waals surface area contributed by atoms with Crippen LogP contribution in [0.3, 0.4) is 0 Å². The van der Waals surface area contributed by atoms with Crippen LogP contribution in [0, 0.1) is 6.92 Å². The number of methoxy groups -OCH3 is 1. The van der Waals surface area contributed by atoms with Gasteiger partial charge in [-0.25, -0.2) is 14.6 Å². The van der Waals surface area contributed by atoms with Gasteiger partial charge in [-0.1, -0.05) is 29.8 Å². The van der Waals surface area contributed by atoms with Crippen LogP contribution in [-0.2, 0) is 20.9 Å². The number of nitrogens with zero attached hydrogens (tertiary/aromatic N) is 2. The van der Waals surface area contributed by atoms with Crippen molar-refractivity contribution in [3.8, 4) is 0 Å². The fraction of sp³-hybridized carbons (Fsp3) is 0.278. The van der Waals surface area contributed by atoms with Crippen molar-refractivity contribution < 1.29 is 23.9 Å². The molecule has 0 saturated carbocycles. The second-order valence-electron chi connectivity index (χ2n) is 6.19. The lowest BCUT2D eigenvalue weighted by atomic mass is 10.1. The van der Waals surface area contributed by atoms with Crippen molar-refractivity contribution in [2.75, 3.05) is 12.4 Å². The van der Waals surface area contributed by atoms with Crippen LogP contribution >= 0.6 is 22.9 Å². The number of thiazole rings is 1. The number of esters is 1. The molecule has 2 aromatic rings. The van der Waals surface area contributed by atoms with E-state index >= 15 is 0 Å². The van der Waals surface area contributed by atoms with Gasteiger partial charge in [0.2, 0.25) is 5.91 Å². The summed E-state index contributed by atoms with van der Waals surface area (Å²) in [5, 5.41) is 5.68. The lowest BCUT2D eigenvalue weighted by molar-refractivity contribution is -0.130. The van der Waals surface area contributed by atoms with E-state index in [1.54, 1.807) is 31.2 Å². The number of imide groups is 1. The van der Waals surface area contributed by atoms with Gasteiger partial charge in [0.1, 0.15) is 6.04 Å². The molecule has 1 aromatic carbocycles. The van der Waals surface area contributed by atoms with Gasteiger partial charge < -0.3 is 15.4 Å². The molecule has 0 unspecified atom stereocenters. The number of carbonyl (C=O) groups excluding carboxylic acids is 4. The highest BCUT2D eigenvalue weighted by Crippen LogP contribution is 2.24. The first-order valence-corrected chi connectivity index (χ1v) is 9.70. The smallest absolute Gasteiger partial charge is 0.357 e. The summed E-state index contributed by atoms with van der Waals surface area (Å²) in [7, 11) is 1.24. The maximum atomic E-state index is 12.6. The standard InChI is InChI=1S/C18H17ClN4O5S/c1-9-14(16(26)28-2)22-17(29-9)21-13(24)7-12-15(25)23(18(27)20-12)8-10-5-3-4-6-11(10)19/h3-6,12H,7-8H2,1-2H3,(H,20,27)(H,21,22,24)/t12-/m1/s1. The van der Waals surface area contributed by atoms with E-state index in [1.165, 1.54) is 7.11 Å². The van der Waals surface area contributed by atoms with E-state index in [0.29, 0.717) is 15.5 Å². The number of carbonyl (C=O) groups is 4. The number of halogens is 1. The first-order chi connectivity index (χ1) is 13.8. The van der Waals surface area contributed by atoms with E-state index < -0.39 is 29.9 Å². The van der Waals surface area contributed by atoms with Crippen LogP contribution < -0.4 is 10.6 Å². The Labute approximate surface area is 175 Å². The van der Waals surface area contributed by atoms with Gasteiger partial charge in [-0.05, 0) is 18.6 Å². The number of urea groups is 1. The maximum absolute atomic E-state index is 12.6. The number of nitrogens with one attached hydrogen (secondary N) is 2. The molecule has 2 N–H and O–H groups in total. The summed E-state index contributed by atoms with van der Waals surface area (Å²) in [4.78, 5) is 54.2. The molecule has 9 nitrogen and oxygen atoms in total. The molecule has 1 aromatic heterocycles. The molecule has 1 aliphatic rings. The molecule has 1 aliphatic heterocycles. The number of ether oxygens (including phenoxy) is 1. The molecule has 0 radical (unpaired) electrons. The molecule has 3 rings (SSSR count). The second kappa shape index (κ2) is 8.58. The second-order valence-corrected chi connectivity index (χ2v) is 7.80. The molecule has 0 aliphatic carbocycles. The van der Waals surface area contributed by atoms with Gasteiger partial charge >= 0.3 is 12.0 Å². The summed E-state index contributed by atoms with van der Waals surface area (Å²) in [5.74, 6) is -1.64. The predicted octanol–water partition coefficient (Wildman–Crippen LogP) is 2.34. The van der Waals surface area contributed by atoms with Gasteiger partial charge in [-0.3, -0.25) is 14.5 Å². The number of hydrogen-bond acceptors (Lipinski definition) is 7. The minimum absolute atomic E-state index is 0.0105. The molecule has 0 bridgehead atoms. The number of aryl methyl sites for hydroxylation is 1. The van der Waals surface area contributed by atoms with Gasteiger partial charge in [0.25, 0.3) is 5.91 Å². The van der Waals surface area contributed by atoms with Gasteiger partial charge in [0.05, 0.1) is 20.1 Å². The van der Waals surface area contributed by atoms with Gasteiger partial charge in [0.15, 0.2) is 10.8 Å². The normalized spacial score (nSPS) is 16.0. The third-order valence-electron chi connectivity index (χ3n) is 4.20. The monoisotopic (exact) mass is 436 g/mol. The number of anilines is 1. The molecule has 1 atom stereocenters. The molecular formula is C18H17ClN4O5S. The van der Waals surface area contributed by atoms with Crippen LogP contribution in [0.5, 0.6) is 0 Å². The minimum atomic E-state index is -0.994. The predicted molar refractivity (Wildman–Crippen MR) is 106 cm³/mol. The van der Waals surface area contributed by atoms with Gasteiger partial charge in [0, 0.05) is 9.90 Å². The quantitative estimate of drug-likeness (QED) is 0.530. The van der Waals surface area contributed by atoms with E-state index in [0.717, 1.165) is 16.2 Å². The molecule has 152 valence electrons. The van der Waals surface area contributed by atoms with Crippen molar-refractivity contribution in [1.82, 2.24) is 15.2 Å². The fourth-order valence-corrected chi connectivity index (χ4v) is 3.77. The van der Waals surface area contributed by atoms with Crippen LogP contribution in [0.2, 0.25) is 5.02 Å². The number of rotatable bonds is 6. The summed E-state index contributed by atoms with van der Waals surface area (Å²) in [6.07, 6.45) is -0.268. The molecule has 4 amide bonds. The maximum Gasteiger partial charge on any atom is 0.357 e. The van der Waals surface area contributed by atoms with E-state index in [4.69, 9.17) is 11.6 Å². The molecule has 29 heavy (non-hydrogen) atoms. The SMILES string of the molecule is COC(=O)c1nc(NC(=O)C[C@H]2NC(=O)N(Cc3ccccc3Cl)C2=O)sc1C.